The van der Waals surface area contributed by atoms with Crippen molar-refractivity contribution in [2.24, 2.45) is 11.7 Å². The van der Waals surface area contributed by atoms with Crippen LogP contribution in [0.4, 0.5) is 0 Å². The standard InChI is InChI=1S/C16H17NO/c17-16(12-6-7-12)13-8-10-15(11-9-13)18-14-4-2-1-3-5-14/h1-5,8-12,16H,6-7,17H2. The van der Waals surface area contributed by atoms with Gasteiger partial charge in [-0.05, 0) is 48.6 Å². The molecule has 1 atom stereocenters. The Morgan fingerprint density at radius 3 is 2.11 bits per heavy atom. The Morgan fingerprint density at radius 2 is 1.50 bits per heavy atom. The van der Waals surface area contributed by atoms with Gasteiger partial charge in [-0.2, -0.15) is 0 Å². The molecule has 2 aromatic carbocycles. The summed E-state index contributed by atoms with van der Waals surface area (Å²) >= 11 is 0. The zero-order valence-corrected chi connectivity index (χ0v) is 10.3. The van der Waals surface area contributed by atoms with Gasteiger partial charge in [0.1, 0.15) is 11.5 Å². The smallest absolute Gasteiger partial charge is 0.127 e. The van der Waals surface area contributed by atoms with E-state index in [1.54, 1.807) is 0 Å². The maximum absolute atomic E-state index is 6.16. The lowest BCUT2D eigenvalue weighted by molar-refractivity contribution is 0.482. The van der Waals surface area contributed by atoms with Crippen LogP contribution in [0.3, 0.4) is 0 Å². The maximum Gasteiger partial charge on any atom is 0.127 e. The van der Waals surface area contributed by atoms with Gasteiger partial charge >= 0.3 is 0 Å². The summed E-state index contributed by atoms with van der Waals surface area (Å²) in [6, 6.07) is 18.1. The van der Waals surface area contributed by atoms with Crippen molar-refractivity contribution in [3.05, 3.63) is 60.2 Å². The van der Waals surface area contributed by atoms with Crippen molar-refractivity contribution in [3.8, 4) is 11.5 Å². The average molecular weight is 239 g/mol. The van der Waals surface area contributed by atoms with Crippen LogP contribution < -0.4 is 10.5 Å². The Kier molecular flexibility index (Phi) is 3.03. The summed E-state index contributed by atoms with van der Waals surface area (Å²) < 4.78 is 5.75. The third-order valence-electron chi connectivity index (χ3n) is 3.37. The van der Waals surface area contributed by atoms with Gasteiger partial charge in [-0.25, -0.2) is 0 Å². The second-order valence-corrected chi connectivity index (χ2v) is 4.85. The summed E-state index contributed by atoms with van der Waals surface area (Å²) in [5, 5.41) is 0. The second-order valence-electron chi connectivity index (χ2n) is 4.85. The number of nitrogens with two attached hydrogens (primary N) is 1. The van der Waals surface area contributed by atoms with Gasteiger partial charge < -0.3 is 10.5 Å². The number of hydrogen-bond acceptors (Lipinski definition) is 2. The van der Waals surface area contributed by atoms with E-state index < -0.39 is 0 Å². The van der Waals surface area contributed by atoms with E-state index in [9.17, 15) is 0 Å². The predicted octanol–water partition coefficient (Wildman–Crippen LogP) is 3.89. The molecule has 1 aliphatic carbocycles. The number of hydrogen-bond donors (Lipinski definition) is 1. The first-order valence-corrected chi connectivity index (χ1v) is 6.41. The molecule has 2 nitrogen and oxygen atoms in total. The highest BCUT2D eigenvalue weighted by Crippen LogP contribution is 2.39. The average Bonchev–Trinajstić information content (AvgIpc) is 3.24. The van der Waals surface area contributed by atoms with E-state index in [4.69, 9.17) is 10.5 Å². The van der Waals surface area contributed by atoms with Crippen molar-refractivity contribution < 1.29 is 4.74 Å². The molecule has 1 aliphatic rings. The Labute approximate surface area is 107 Å². The quantitative estimate of drug-likeness (QED) is 0.878. The Bertz CT molecular complexity index is 502. The van der Waals surface area contributed by atoms with Crippen LogP contribution in [0.15, 0.2) is 54.6 Å². The number of rotatable bonds is 4. The summed E-state index contributed by atoms with van der Waals surface area (Å²) in [6.45, 7) is 0. The van der Waals surface area contributed by atoms with Crippen molar-refractivity contribution in [2.75, 3.05) is 0 Å². The summed E-state index contributed by atoms with van der Waals surface area (Å²) in [5.74, 6) is 2.40. The molecule has 0 bridgehead atoms. The van der Waals surface area contributed by atoms with Gasteiger partial charge in [0.05, 0.1) is 0 Å². The van der Waals surface area contributed by atoms with Gasteiger partial charge in [-0.1, -0.05) is 30.3 Å². The summed E-state index contributed by atoms with van der Waals surface area (Å²) in [5.41, 5.74) is 7.37. The first-order chi connectivity index (χ1) is 8.83. The normalized spacial score (nSPS) is 16.3. The van der Waals surface area contributed by atoms with Crippen LogP contribution in [0, 0.1) is 5.92 Å². The van der Waals surface area contributed by atoms with Crippen LogP contribution in [0.25, 0.3) is 0 Å². The van der Waals surface area contributed by atoms with Crippen LogP contribution in [0.2, 0.25) is 0 Å². The molecule has 1 fully saturated rings. The molecule has 0 saturated heterocycles. The molecule has 3 rings (SSSR count). The van der Waals surface area contributed by atoms with Crippen LogP contribution in [0.5, 0.6) is 11.5 Å². The Hall–Kier alpha value is -1.80. The van der Waals surface area contributed by atoms with Crippen LogP contribution in [-0.2, 0) is 0 Å². The molecule has 2 aromatic rings. The number of para-hydroxylation sites is 1. The molecule has 0 heterocycles. The van der Waals surface area contributed by atoms with Crippen LogP contribution >= 0.6 is 0 Å². The molecule has 1 saturated carbocycles. The third-order valence-corrected chi connectivity index (χ3v) is 3.37. The van der Waals surface area contributed by atoms with E-state index >= 15 is 0 Å². The SMILES string of the molecule is NC(c1ccc(Oc2ccccc2)cc1)C1CC1. The lowest BCUT2D eigenvalue weighted by atomic mass is 10.0. The second kappa shape index (κ2) is 4.83. The molecule has 1 unspecified atom stereocenters. The van der Waals surface area contributed by atoms with Gasteiger partial charge in [0, 0.05) is 6.04 Å². The van der Waals surface area contributed by atoms with Crippen molar-refractivity contribution in [2.45, 2.75) is 18.9 Å². The number of benzene rings is 2. The fraction of sp³-hybridized carbons (Fsp3) is 0.250. The Morgan fingerprint density at radius 1 is 0.889 bits per heavy atom. The van der Waals surface area contributed by atoms with Gasteiger partial charge in [0.2, 0.25) is 0 Å². The molecule has 0 spiro atoms. The van der Waals surface area contributed by atoms with E-state index in [0.29, 0.717) is 5.92 Å². The minimum atomic E-state index is 0.191. The van der Waals surface area contributed by atoms with Crippen molar-refractivity contribution in [1.29, 1.82) is 0 Å². The van der Waals surface area contributed by atoms with Gasteiger partial charge in [0.15, 0.2) is 0 Å². The summed E-state index contributed by atoms with van der Waals surface area (Å²) in [4.78, 5) is 0. The third kappa shape index (κ3) is 2.54. The molecule has 0 aromatic heterocycles. The van der Waals surface area contributed by atoms with E-state index in [0.717, 1.165) is 11.5 Å². The largest absolute Gasteiger partial charge is 0.457 e. The first-order valence-electron chi connectivity index (χ1n) is 6.41. The van der Waals surface area contributed by atoms with Crippen molar-refractivity contribution in [3.63, 3.8) is 0 Å². The van der Waals surface area contributed by atoms with Gasteiger partial charge in [-0.15, -0.1) is 0 Å². The van der Waals surface area contributed by atoms with Crippen LogP contribution in [0.1, 0.15) is 24.4 Å². The van der Waals surface area contributed by atoms with E-state index in [-0.39, 0.29) is 6.04 Å². The fourth-order valence-corrected chi connectivity index (χ4v) is 2.11. The lowest BCUT2D eigenvalue weighted by Crippen LogP contribution is -2.11. The fourth-order valence-electron chi connectivity index (χ4n) is 2.11. The van der Waals surface area contributed by atoms with E-state index in [1.165, 1.54) is 18.4 Å². The molecule has 2 heteroatoms. The first kappa shape index (κ1) is 11.3. The minimum Gasteiger partial charge on any atom is -0.457 e. The zero-order chi connectivity index (χ0) is 12.4. The molecule has 18 heavy (non-hydrogen) atoms. The highest BCUT2D eigenvalue weighted by atomic mass is 16.5. The van der Waals surface area contributed by atoms with E-state index in [2.05, 4.69) is 12.1 Å². The molecule has 0 radical (unpaired) electrons. The molecule has 0 aliphatic heterocycles. The zero-order valence-electron chi connectivity index (χ0n) is 10.3. The molecular weight excluding hydrogens is 222 g/mol. The summed E-state index contributed by atoms with van der Waals surface area (Å²) in [7, 11) is 0. The highest BCUT2D eigenvalue weighted by molar-refractivity contribution is 5.34. The lowest BCUT2D eigenvalue weighted by Gasteiger charge is -2.11. The Balaban J connectivity index is 1.71. The van der Waals surface area contributed by atoms with Gasteiger partial charge in [0.25, 0.3) is 0 Å². The molecular formula is C16H17NO. The molecule has 0 amide bonds. The molecule has 2 N–H and O–H groups in total. The maximum atomic E-state index is 6.16. The number of ether oxygens (including phenoxy) is 1. The topological polar surface area (TPSA) is 35.2 Å². The molecule has 92 valence electrons. The monoisotopic (exact) mass is 239 g/mol. The van der Waals surface area contributed by atoms with Crippen LogP contribution in [-0.4, -0.2) is 0 Å². The minimum absolute atomic E-state index is 0.191. The summed E-state index contributed by atoms with van der Waals surface area (Å²) in [6.07, 6.45) is 2.53. The highest BCUT2D eigenvalue weighted by Gasteiger charge is 2.29. The van der Waals surface area contributed by atoms with Gasteiger partial charge in [-0.3, -0.25) is 0 Å². The van der Waals surface area contributed by atoms with E-state index in [1.807, 2.05) is 42.5 Å². The predicted molar refractivity (Wildman–Crippen MR) is 72.6 cm³/mol. The van der Waals surface area contributed by atoms with Crippen molar-refractivity contribution >= 4 is 0 Å². The van der Waals surface area contributed by atoms with Crippen molar-refractivity contribution in [1.82, 2.24) is 0 Å².